The molecule has 5 heteroatoms. The average Bonchev–Trinajstić information content (AvgIpc) is 2.73. The van der Waals surface area contributed by atoms with Crippen molar-refractivity contribution < 1.29 is 4.79 Å². The molecule has 0 bridgehead atoms. The molecule has 3 aromatic rings. The summed E-state index contributed by atoms with van der Waals surface area (Å²) in [5, 5.41) is 6.22. The maximum absolute atomic E-state index is 12.2. The fourth-order valence-corrected chi connectivity index (χ4v) is 3.13. The number of carbonyl (C=O) groups is 1. The van der Waals surface area contributed by atoms with Crippen molar-refractivity contribution >= 4 is 34.7 Å². The Morgan fingerprint density at radius 2 is 1.63 bits per heavy atom. The largest absolute Gasteiger partial charge is 0.397 e. The summed E-state index contributed by atoms with van der Waals surface area (Å²) >= 11 is 0. The van der Waals surface area contributed by atoms with Crippen molar-refractivity contribution in [2.45, 2.75) is 27.3 Å². The minimum atomic E-state index is -0.261. The van der Waals surface area contributed by atoms with Crippen LogP contribution in [0.15, 0.2) is 60.7 Å². The van der Waals surface area contributed by atoms with Crippen LogP contribution in [0.3, 0.4) is 0 Å². The van der Waals surface area contributed by atoms with Gasteiger partial charge in [-0.3, -0.25) is 4.79 Å². The number of hydrogen-bond donors (Lipinski definition) is 4. The van der Waals surface area contributed by atoms with Crippen LogP contribution in [-0.2, 0) is 11.3 Å². The summed E-state index contributed by atoms with van der Waals surface area (Å²) in [5.41, 5.74) is 20.1. The predicted octanol–water partition coefficient (Wildman–Crippen LogP) is 5.04. The second kappa shape index (κ2) is 9.18. The zero-order valence-electron chi connectivity index (χ0n) is 17.6. The van der Waals surface area contributed by atoms with Crippen molar-refractivity contribution in [1.82, 2.24) is 0 Å². The molecule has 0 aromatic heterocycles. The first-order valence-corrected chi connectivity index (χ1v) is 9.87. The molecule has 30 heavy (non-hydrogen) atoms. The van der Waals surface area contributed by atoms with Crippen LogP contribution >= 0.6 is 0 Å². The molecule has 0 saturated carbocycles. The summed E-state index contributed by atoms with van der Waals surface area (Å²) in [6.45, 7) is 7.14. The average molecular weight is 401 g/mol. The number of nitrogen functional groups attached to an aromatic ring is 2. The summed E-state index contributed by atoms with van der Waals surface area (Å²) in [5.74, 6) is -0.261. The molecular formula is C25H28N4O. The number of nitrogens with one attached hydrogen (secondary N) is 2. The van der Waals surface area contributed by atoms with Gasteiger partial charge in [-0.05, 0) is 78.9 Å². The molecule has 0 spiro atoms. The van der Waals surface area contributed by atoms with Crippen LogP contribution in [0.2, 0.25) is 0 Å². The molecule has 0 aliphatic rings. The second-order valence-electron chi connectivity index (χ2n) is 7.46. The standard InChI is InChI=1S/C25H28N4O/c1-16-13-21(14-17(2)18(16)3)28-15-20-9-7-19(8-10-20)11-12-24(30)29-23-6-4-5-22(26)25(23)27/h4-14,28H,15,26-27H2,1-3H3,(H,29,30)/b12-11+. The van der Waals surface area contributed by atoms with Crippen LogP contribution in [0.4, 0.5) is 22.7 Å². The van der Waals surface area contributed by atoms with Gasteiger partial charge >= 0.3 is 0 Å². The van der Waals surface area contributed by atoms with Crippen molar-refractivity contribution in [3.05, 3.63) is 88.5 Å². The first-order chi connectivity index (χ1) is 14.3. The molecule has 1 amide bonds. The minimum Gasteiger partial charge on any atom is -0.397 e. The Kier molecular flexibility index (Phi) is 6.42. The molecule has 0 aliphatic carbocycles. The number of amides is 1. The van der Waals surface area contributed by atoms with Gasteiger partial charge in [-0.1, -0.05) is 30.3 Å². The van der Waals surface area contributed by atoms with Crippen LogP contribution in [0.25, 0.3) is 6.08 Å². The number of carbonyl (C=O) groups excluding carboxylic acids is 1. The van der Waals surface area contributed by atoms with E-state index in [0.717, 1.165) is 17.8 Å². The quantitative estimate of drug-likeness (QED) is 0.344. The Morgan fingerprint density at radius 3 is 2.30 bits per heavy atom. The highest BCUT2D eigenvalue weighted by Crippen LogP contribution is 2.24. The fourth-order valence-electron chi connectivity index (χ4n) is 3.13. The van der Waals surface area contributed by atoms with Crippen molar-refractivity contribution in [3.63, 3.8) is 0 Å². The molecule has 0 fully saturated rings. The molecule has 3 rings (SSSR count). The van der Waals surface area contributed by atoms with Gasteiger partial charge in [-0.2, -0.15) is 0 Å². The topological polar surface area (TPSA) is 93.2 Å². The summed E-state index contributed by atoms with van der Waals surface area (Å²) in [6.07, 6.45) is 3.25. The highest BCUT2D eigenvalue weighted by molar-refractivity contribution is 6.04. The summed E-state index contributed by atoms with van der Waals surface area (Å²) in [4.78, 5) is 12.2. The van der Waals surface area contributed by atoms with Gasteiger partial charge in [0.05, 0.1) is 17.1 Å². The van der Waals surface area contributed by atoms with Gasteiger partial charge in [-0.15, -0.1) is 0 Å². The maximum Gasteiger partial charge on any atom is 0.248 e. The Morgan fingerprint density at radius 1 is 0.967 bits per heavy atom. The SMILES string of the molecule is Cc1cc(NCc2ccc(/C=C/C(=O)Nc3cccc(N)c3N)cc2)cc(C)c1C. The van der Waals surface area contributed by atoms with Crippen LogP contribution in [0, 0.1) is 20.8 Å². The molecule has 0 saturated heterocycles. The molecular weight excluding hydrogens is 372 g/mol. The fraction of sp³-hybridized carbons (Fsp3) is 0.160. The Balaban J connectivity index is 1.57. The van der Waals surface area contributed by atoms with Crippen molar-refractivity contribution in [3.8, 4) is 0 Å². The van der Waals surface area contributed by atoms with Gasteiger partial charge in [0.25, 0.3) is 0 Å². The zero-order chi connectivity index (χ0) is 21.7. The summed E-state index contributed by atoms with van der Waals surface area (Å²) in [7, 11) is 0. The highest BCUT2D eigenvalue weighted by atomic mass is 16.1. The van der Waals surface area contributed by atoms with E-state index < -0.39 is 0 Å². The Hall–Kier alpha value is -3.73. The van der Waals surface area contributed by atoms with E-state index in [1.807, 2.05) is 24.3 Å². The van der Waals surface area contributed by atoms with E-state index in [1.165, 1.54) is 28.3 Å². The number of rotatable bonds is 6. The van der Waals surface area contributed by atoms with Crippen LogP contribution in [0.5, 0.6) is 0 Å². The van der Waals surface area contributed by atoms with Gasteiger partial charge < -0.3 is 22.1 Å². The van der Waals surface area contributed by atoms with Crippen molar-refractivity contribution in [2.75, 3.05) is 22.1 Å². The van der Waals surface area contributed by atoms with E-state index >= 15 is 0 Å². The van der Waals surface area contributed by atoms with Crippen molar-refractivity contribution in [1.29, 1.82) is 0 Å². The van der Waals surface area contributed by atoms with Crippen molar-refractivity contribution in [2.24, 2.45) is 0 Å². The smallest absolute Gasteiger partial charge is 0.248 e. The molecule has 3 aromatic carbocycles. The van der Waals surface area contributed by atoms with E-state index in [9.17, 15) is 4.79 Å². The van der Waals surface area contributed by atoms with Gasteiger partial charge in [0.1, 0.15) is 0 Å². The number of benzene rings is 3. The van der Waals surface area contributed by atoms with Crippen LogP contribution in [-0.4, -0.2) is 5.91 Å². The van der Waals surface area contributed by atoms with Gasteiger partial charge in [0.2, 0.25) is 5.91 Å². The lowest BCUT2D eigenvalue weighted by molar-refractivity contribution is -0.111. The lowest BCUT2D eigenvalue weighted by Crippen LogP contribution is -2.10. The van der Waals surface area contributed by atoms with Gasteiger partial charge in [0.15, 0.2) is 0 Å². The summed E-state index contributed by atoms with van der Waals surface area (Å²) < 4.78 is 0. The lowest BCUT2D eigenvalue weighted by atomic mass is 10.0. The predicted molar refractivity (Wildman–Crippen MR) is 127 cm³/mol. The van der Waals surface area contributed by atoms with E-state index in [4.69, 9.17) is 11.5 Å². The van der Waals surface area contributed by atoms with Crippen LogP contribution in [0.1, 0.15) is 27.8 Å². The van der Waals surface area contributed by atoms with E-state index in [-0.39, 0.29) is 5.91 Å². The first kappa shape index (κ1) is 21.0. The minimum absolute atomic E-state index is 0.261. The van der Waals surface area contributed by atoms with E-state index in [1.54, 1.807) is 24.3 Å². The molecule has 0 atom stereocenters. The highest BCUT2D eigenvalue weighted by Gasteiger charge is 2.05. The van der Waals surface area contributed by atoms with E-state index in [2.05, 4.69) is 43.5 Å². The molecule has 6 N–H and O–H groups in total. The number of hydrogen-bond acceptors (Lipinski definition) is 4. The molecule has 0 aliphatic heterocycles. The molecule has 5 nitrogen and oxygen atoms in total. The Labute approximate surface area is 177 Å². The third kappa shape index (κ3) is 5.20. The number of anilines is 4. The number of aryl methyl sites for hydroxylation is 2. The zero-order valence-corrected chi connectivity index (χ0v) is 17.6. The normalized spacial score (nSPS) is 10.9. The maximum atomic E-state index is 12.2. The summed E-state index contributed by atoms with van der Waals surface area (Å²) in [6, 6.07) is 17.6. The van der Waals surface area contributed by atoms with Gasteiger partial charge in [0, 0.05) is 18.3 Å². The third-order valence-corrected chi connectivity index (χ3v) is 5.23. The third-order valence-electron chi connectivity index (χ3n) is 5.23. The van der Waals surface area contributed by atoms with Gasteiger partial charge in [-0.25, -0.2) is 0 Å². The monoisotopic (exact) mass is 400 g/mol. The molecule has 0 heterocycles. The molecule has 0 radical (unpaired) electrons. The number of para-hydroxylation sites is 1. The lowest BCUT2D eigenvalue weighted by Gasteiger charge is -2.11. The number of nitrogens with two attached hydrogens (primary N) is 2. The Bertz CT molecular complexity index is 1060. The second-order valence-corrected chi connectivity index (χ2v) is 7.46. The first-order valence-electron chi connectivity index (χ1n) is 9.87. The van der Waals surface area contributed by atoms with E-state index in [0.29, 0.717) is 17.1 Å². The molecule has 0 unspecified atom stereocenters. The van der Waals surface area contributed by atoms with Crippen LogP contribution < -0.4 is 22.1 Å². The molecule has 154 valence electrons.